The molecule has 8 heteroatoms. The number of benzene rings is 1. The molecule has 2 heterocycles. The van der Waals surface area contributed by atoms with Crippen molar-refractivity contribution in [3.63, 3.8) is 0 Å². The van der Waals surface area contributed by atoms with Crippen LogP contribution in [0.3, 0.4) is 0 Å². The zero-order chi connectivity index (χ0) is 22.3. The quantitative estimate of drug-likeness (QED) is 0.698. The average Bonchev–Trinajstić information content (AvgIpc) is 3.33. The summed E-state index contributed by atoms with van der Waals surface area (Å²) in [6, 6.07) is 5.22. The molecule has 166 valence electrons. The number of hydrogen-bond donors (Lipinski definition) is 1. The van der Waals surface area contributed by atoms with Crippen LogP contribution in [-0.2, 0) is 9.59 Å². The zero-order valence-electron chi connectivity index (χ0n) is 18.4. The number of carbonyl (C=O) groups is 4. The van der Waals surface area contributed by atoms with E-state index in [0.717, 1.165) is 36.5 Å². The van der Waals surface area contributed by atoms with Crippen LogP contribution in [0.15, 0.2) is 18.2 Å². The first-order valence-electron chi connectivity index (χ1n) is 11.2. The first kappa shape index (κ1) is 21.5. The number of hydrogen-bond acceptors (Lipinski definition) is 6. The van der Waals surface area contributed by atoms with Crippen LogP contribution in [-0.4, -0.2) is 71.7 Å². The van der Waals surface area contributed by atoms with E-state index < -0.39 is 23.8 Å². The number of rotatable bonds is 6. The van der Waals surface area contributed by atoms with E-state index in [1.165, 1.54) is 6.42 Å². The lowest BCUT2D eigenvalue weighted by Gasteiger charge is -2.37. The third kappa shape index (κ3) is 3.63. The summed E-state index contributed by atoms with van der Waals surface area (Å²) in [7, 11) is 2.05. The predicted molar refractivity (Wildman–Crippen MR) is 116 cm³/mol. The smallest absolute Gasteiger partial charge is 0.262 e. The summed E-state index contributed by atoms with van der Waals surface area (Å²) in [6.45, 7) is 6.37. The molecule has 2 aliphatic heterocycles. The fourth-order valence-electron chi connectivity index (χ4n) is 5.36. The second kappa shape index (κ2) is 8.42. The number of imide groups is 2. The third-order valence-electron chi connectivity index (χ3n) is 7.05. The average molecular weight is 427 g/mol. The van der Waals surface area contributed by atoms with Gasteiger partial charge in [-0.2, -0.15) is 0 Å². The molecule has 8 nitrogen and oxygen atoms in total. The van der Waals surface area contributed by atoms with E-state index in [0.29, 0.717) is 23.2 Å². The van der Waals surface area contributed by atoms with Gasteiger partial charge in [-0.1, -0.05) is 13.8 Å². The highest BCUT2D eigenvalue weighted by atomic mass is 16.2. The van der Waals surface area contributed by atoms with Crippen molar-refractivity contribution in [1.82, 2.24) is 15.1 Å². The molecule has 3 aliphatic rings. The van der Waals surface area contributed by atoms with Gasteiger partial charge in [0.15, 0.2) is 0 Å². The molecule has 1 aromatic rings. The van der Waals surface area contributed by atoms with Crippen LogP contribution in [0.5, 0.6) is 0 Å². The van der Waals surface area contributed by atoms with Gasteiger partial charge in [-0.3, -0.25) is 34.3 Å². The number of amides is 4. The SMILES string of the molecule is CCN(CC)[C@H]1CCC[C@@H]1N(C)c1ccc2c(c1)C(=O)N(C1CCC(=O)NC1=O)C2=O. The minimum atomic E-state index is -0.937. The molecule has 4 rings (SSSR count). The van der Waals surface area contributed by atoms with Gasteiger partial charge < -0.3 is 4.90 Å². The molecule has 0 bridgehead atoms. The summed E-state index contributed by atoms with van der Waals surface area (Å²) < 4.78 is 0. The number of fused-ring (bicyclic) bond motifs is 1. The minimum Gasteiger partial charge on any atom is -0.370 e. The van der Waals surface area contributed by atoms with E-state index >= 15 is 0 Å². The van der Waals surface area contributed by atoms with Gasteiger partial charge in [0.1, 0.15) is 6.04 Å². The van der Waals surface area contributed by atoms with Crippen LogP contribution < -0.4 is 10.2 Å². The van der Waals surface area contributed by atoms with Crippen LogP contribution in [0.4, 0.5) is 5.69 Å². The molecule has 1 aromatic carbocycles. The van der Waals surface area contributed by atoms with Crippen LogP contribution in [0.25, 0.3) is 0 Å². The number of anilines is 1. The molecule has 1 unspecified atom stereocenters. The Morgan fingerprint density at radius 3 is 2.32 bits per heavy atom. The maximum Gasteiger partial charge on any atom is 0.262 e. The zero-order valence-corrected chi connectivity index (χ0v) is 18.4. The van der Waals surface area contributed by atoms with E-state index in [1.807, 2.05) is 13.1 Å². The van der Waals surface area contributed by atoms with Gasteiger partial charge in [-0.05, 0) is 57.0 Å². The fraction of sp³-hybridized carbons (Fsp3) is 0.565. The normalized spacial score (nSPS) is 25.9. The number of nitrogens with zero attached hydrogens (tertiary/aromatic N) is 3. The number of likely N-dealkylation sites (N-methyl/N-ethyl adjacent to an activating group) is 2. The Bertz CT molecular complexity index is 926. The van der Waals surface area contributed by atoms with Gasteiger partial charge in [-0.15, -0.1) is 0 Å². The summed E-state index contributed by atoms with van der Waals surface area (Å²) in [5.41, 5.74) is 1.55. The highest BCUT2D eigenvalue weighted by molar-refractivity contribution is 6.23. The van der Waals surface area contributed by atoms with E-state index in [9.17, 15) is 19.2 Å². The minimum absolute atomic E-state index is 0.117. The van der Waals surface area contributed by atoms with Crippen LogP contribution in [0.2, 0.25) is 0 Å². The van der Waals surface area contributed by atoms with Gasteiger partial charge in [0, 0.05) is 31.2 Å². The molecule has 1 N–H and O–H groups in total. The molecule has 1 aliphatic carbocycles. The Labute approximate surface area is 182 Å². The molecule has 0 spiro atoms. The maximum absolute atomic E-state index is 13.1. The highest BCUT2D eigenvalue weighted by Crippen LogP contribution is 2.34. The van der Waals surface area contributed by atoms with Gasteiger partial charge in [0.25, 0.3) is 11.8 Å². The summed E-state index contributed by atoms with van der Waals surface area (Å²) in [5.74, 6) is -1.89. The Balaban J connectivity index is 1.58. The standard InChI is InChI=1S/C23H30N4O4/c1-4-26(5-2)18-8-6-7-17(18)25(3)14-9-10-15-16(13-14)23(31)27(22(15)30)19-11-12-20(28)24-21(19)29/h9-10,13,17-19H,4-8,11-12H2,1-3H3,(H,24,28,29)/t17-,18-,19?/m0/s1. The largest absolute Gasteiger partial charge is 0.370 e. The van der Waals surface area contributed by atoms with Gasteiger partial charge in [-0.25, -0.2) is 0 Å². The third-order valence-corrected chi connectivity index (χ3v) is 7.05. The summed E-state index contributed by atoms with van der Waals surface area (Å²) >= 11 is 0. The molecule has 0 radical (unpaired) electrons. The van der Waals surface area contributed by atoms with Crippen molar-refractivity contribution in [2.45, 2.75) is 64.1 Å². The molecule has 31 heavy (non-hydrogen) atoms. The van der Waals surface area contributed by atoms with E-state index in [2.05, 4.69) is 29.0 Å². The Kier molecular flexibility index (Phi) is 5.83. The highest BCUT2D eigenvalue weighted by Gasteiger charge is 2.45. The van der Waals surface area contributed by atoms with E-state index in [1.54, 1.807) is 12.1 Å². The summed E-state index contributed by atoms with van der Waals surface area (Å²) in [4.78, 5) is 55.4. The molecular weight excluding hydrogens is 396 g/mol. The van der Waals surface area contributed by atoms with Crippen molar-refractivity contribution in [2.24, 2.45) is 0 Å². The fourth-order valence-corrected chi connectivity index (χ4v) is 5.36. The lowest BCUT2D eigenvalue weighted by molar-refractivity contribution is -0.136. The predicted octanol–water partition coefficient (Wildman–Crippen LogP) is 1.79. The second-order valence-electron chi connectivity index (χ2n) is 8.57. The lowest BCUT2D eigenvalue weighted by Crippen LogP contribution is -2.54. The summed E-state index contributed by atoms with van der Waals surface area (Å²) in [5, 5.41) is 2.23. The van der Waals surface area contributed by atoms with E-state index in [-0.39, 0.29) is 18.7 Å². The van der Waals surface area contributed by atoms with Crippen molar-refractivity contribution >= 4 is 29.3 Å². The Morgan fingerprint density at radius 2 is 1.65 bits per heavy atom. The molecule has 2 fully saturated rings. The maximum atomic E-state index is 13.1. The molecule has 1 saturated heterocycles. The lowest BCUT2D eigenvalue weighted by atomic mass is 10.0. The van der Waals surface area contributed by atoms with Crippen molar-refractivity contribution in [3.05, 3.63) is 29.3 Å². The van der Waals surface area contributed by atoms with Crippen molar-refractivity contribution in [1.29, 1.82) is 0 Å². The van der Waals surface area contributed by atoms with E-state index in [4.69, 9.17) is 0 Å². The second-order valence-corrected chi connectivity index (χ2v) is 8.57. The van der Waals surface area contributed by atoms with Gasteiger partial charge in [0.2, 0.25) is 11.8 Å². The van der Waals surface area contributed by atoms with Gasteiger partial charge in [0.05, 0.1) is 11.1 Å². The van der Waals surface area contributed by atoms with Crippen molar-refractivity contribution in [3.8, 4) is 0 Å². The van der Waals surface area contributed by atoms with Crippen molar-refractivity contribution < 1.29 is 19.2 Å². The molecule has 0 aromatic heterocycles. The Morgan fingerprint density at radius 1 is 0.968 bits per heavy atom. The van der Waals surface area contributed by atoms with Crippen LogP contribution >= 0.6 is 0 Å². The van der Waals surface area contributed by atoms with Crippen LogP contribution in [0.1, 0.15) is 66.7 Å². The molecular formula is C23H30N4O4. The molecule has 3 atom stereocenters. The Hall–Kier alpha value is -2.74. The molecule has 1 saturated carbocycles. The number of piperidine rings is 1. The van der Waals surface area contributed by atoms with Crippen molar-refractivity contribution in [2.75, 3.05) is 25.0 Å². The first-order valence-corrected chi connectivity index (χ1v) is 11.2. The monoisotopic (exact) mass is 426 g/mol. The van der Waals surface area contributed by atoms with Gasteiger partial charge >= 0.3 is 0 Å². The topological polar surface area (TPSA) is 90.0 Å². The molecule has 4 amide bonds. The summed E-state index contributed by atoms with van der Waals surface area (Å²) in [6.07, 6.45) is 3.69. The number of nitrogens with one attached hydrogen (secondary N) is 1. The number of carbonyl (C=O) groups excluding carboxylic acids is 4. The first-order chi connectivity index (χ1) is 14.9. The van der Waals surface area contributed by atoms with Crippen LogP contribution in [0, 0.1) is 0 Å².